The minimum atomic E-state index is -3.76. The minimum absolute atomic E-state index is 0.248. The molecule has 0 aromatic carbocycles. The number of aromatic nitrogens is 2. The van der Waals surface area contributed by atoms with E-state index in [1.54, 1.807) is 0 Å². The van der Waals surface area contributed by atoms with E-state index in [9.17, 15) is 28.6 Å². The van der Waals surface area contributed by atoms with Crippen LogP contribution in [0.25, 0.3) is 0 Å². The van der Waals surface area contributed by atoms with E-state index in [0.29, 0.717) is 4.57 Å². The van der Waals surface area contributed by atoms with Gasteiger partial charge in [-0.05, 0) is 12.8 Å². The van der Waals surface area contributed by atoms with Gasteiger partial charge in [-0.15, -0.1) is 0 Å². The lowest BCUT2D eigenvalue weighted by Gasteiger charge is -2.21. The third-order valence-electron chi connectivity index (χ3n) is 3.68. The summed E-state index contributed by atoms with van der Waals surface area (Å²) in [5, 5.41) is 19.5. The molecule has 1 saturated carbocycles. The lowest BCUT2D eigenvalue weighted by Crippen LogP contribution is -2.44. The lowest BCUT2D eigenvalue weighted by atomic mass is 10.0. The summed E-state index contributed by atoms with van der Waals surface area (Å²) in [6.45, 7) is 0. The fourth-order valence-electron chi connectivity index (χ4n) is 2.35. The second-order valence-electron chi connectivity index (χ2n) is 5.15. The molecule has 7 nitrogen and oxygen atoms in total. The van der Waals surface area contributed by atoms with E-state index in [2.05, 4.69) is 0 Å². The SMILES string of the molecule is O=c1ccn([C@@H]2O[C@H](C3(O)CC3)C(O)C2(F)F)c(=O)[nH]1. The molecule has 1 unspecified atom stereocenters. The number of aromatic amines is 1. The molecule has 3 atom stereocenters. The molecule has 110 valence electrons. The molecule has 3 rings (SSSR count). The maximum Gasteiger partial charge on any atom is 0.330 e. The standard InChI is InChI=1S/C11H12F2N2O5/c12-11(13)6(17)7(10(19)2-3-10)20-8(11)15-4-1-5(16)14-9(15)18/h1,4,6-8,17,19H,2-3H2,(H,14,16,18)/t6?,7-,8+/m0/s1. The van der Waals surface area contributed by atoms with Crippen molar-refractivity contribution >= 4 is 0 Å². The van der Waals surface area contributed by atoms with Crippen LogP contribution in [-0.4, -0.2) is 43.5 Å². The number of aliphatic hydroxyl groups is 2. The Labute approximate surface area is 110 Å². The first-order valence-electron chi connectivity index (χ1n) is 6.01. The highest BCUT2D eigenvalue weighted by molar-refractivity contribution is 5.10. The quantitative estimate of drug-likeness (QED) is 0.645. The zero-order valence-electron chi connectivity index (χ0n) is 10.1. The number of hydrogen-bond acceptors (Lipinski definition) is 5. The van der Waals surface area contributed by atoms with Gasteiger partial charge >= 0.3 is 11.6 Å². The zero-order valence-corrected chi connectivity index (χ0v) is 10.1. The highest BCUT2D eigenvalue weighted by Gasteiger charge is 2.67. The van der Waals surface area contributed by atoms with Crippen LogP contribution in [0.5, 0.6) is 0 Å². The Bertz CT molecular complexity index is 651. The zero-order chi connectivity index (χ0) is 14.7. The summed E-state index contributed by atoms with van der Waals surface area (Å²) in [5.41, 5.74) is -3.29. The number of hydrogen-bond donors (Lipinski definition) is 3. The number of halogens is 2. The van der Waals surface area contributed by atoms with Gasteiger partial charge in [0.25, 0.3) is 5.56 Å². The van der Waals surface area contributed by atoms with Gasteiger partial charge in [-0.1, -0.05) is 0 Å². The van der Waals surface area contributed by atoms with Crippen LogP contribution in [0.1, 0.15) is 19.1 Å². The summed E-state index contributed by atoms with van der Waals surface area (Å²) in [4.78, 5) is 24.3. The van der Waals surface area contributed by atoms with E-state index >= 15 is 0 Å². The number of aliphatic hydroxyl groups excluding tert-OH is 1. The molecular formula is C11H12F2N2O5. The van der Waals surface area contributed by atoms with Crippen molar-refractivity contribution in [3.8, 4) is 0 Å². The van der Waals surface area contributed by atoms with Crippen molar-refractivity contribution in [1.82, 2.24) is 9.55 Å². The molecule has 1 aromatic heterocycles. The maximum absolute atomic E-state index is 14.0. The van der Waals surface area contributed by atoms with Crippen LogP contribution in [0.4, 0.5) is 8.78 Å². The van der Waals surface area contributed by atoms with Gasteiger partial charge in [0.1, 0.15) is 6.10 Å². The molecular weight excluding hydrogens is 278 g/mol. The Morgan fingerprint density at radius 3 is 2.60 bits per heavy atom. The third-order valence-corrected chi connectivity index (χ3v) is 3.68. The van der Waals surface area contributed by atoms with Crippen molar-refractivity contribution in [3.63, 3.8) is 0 Å². The number of alkyl halides is 2. The molecule has 1 aliphatic heterocycles. The molecule has 2 aliphatic rings. The van der Waals surface area contributed by atoms with Crippen LogP contribution >= 0.6 is 0 Å². The lowest BCUT2D eigenvalue weighted by molar-refractivity contribution is -0.141. The largest absolute Gasteiger partial charge is 0.387 e. The molecule has 3 N–H and O–H groups in total. The van der Waals surface area contributed by atoms with E-state index in [0.717, 1.165) is 12.3 Å². The van der Waals surface area contributed by atoms with Crippen molar-refractivity contribution in [2.45, 2.75) is 42.8 Å². The first-order valence-corrected chi connectivity index (χ1v) is 6.01. The summed E-state index contributed by atoms with van der Waals surface area (Å²) in [5.74, 6) is -3.76. The Morgan fingerprint density at radius 1 is 1.40 bits per heavy atom. The van der Waals surface area contributed by atoms with Gasteiger partial charge in [0, 0.05) is 12.3 Å². The Morgan fingerprint density at radius 2 is 2.05 bits per heavy atom. The fourth-order valence-corrected chi connectivity index (χ4v) is 2.35. The Kier molecular flexibility index (Phi) is 2.66. The van der Waals surface area contributed by atoms with E-state index in [1.807, 2.05) is 4.98 Å². The molecule has 9 heteroatoms. The first kappa shape index (κ1) is 13.4. The highest BCUT2D eigenvalue weighted by atomic mass is 19.3. The maximum atomic E-state index is 14.0. The van der Waals surface area contributed by atoms with Crippen LogP contribution in [0.2, 0.25) is 0 Å². The molecule has 1 saturated heterocycles. The van der Waals surface area contributed by atoms with Crippen LogP contribution in [0.3, 0.4) is 0 Å². The van der Waals surface area contributed by atoms with E-state index < -0.39 is 41.2 Å². The van der Waals surface area contributed by atoms with Crippen LogP contribution < -0.4 is 11.2 Å². The number of ether oxygens (including phenoxy) is 1. The summed E-state index contributed by atoms with van der Waals surface area (Å²) in [6, 6.07) is 0.895. The number of nitrogens with zero attached hydrogens (tertiary/aromatic N) is 1. The van der Waals surface area contributed by atoms with Gasteiger partial charge in [-0.2, -0.15) is 8.78 Å². The van der Waals surface area contributed by atoms with E-state index in [4.69, 9.17) is 4.74 Å². The second-order valence-corrected chi connectivity index (χ2v) is 5.15. The third kappa shape index (κ3) is 1.81. The predicted octanol–water partition coefficient (Wildman–Crippen LogP) is -1.04. The molecule has 0 spiro atoms. The van der Waals surface area contributed by atoms with Gasteiger partial charge in [-0.25, -0.2) is 4.79 Å². The van der Waals surface area contributed by atoms with Gasteiger partial charge in [-0.3, -0.25) is 14.3 Å². The summed E-state index contributed by atoms with van der Waals surface area (Å²) >= 11 is 0. The number of rotatable bonds is 2. The molecule has 0 amide bonds. The molecule has 0 bridgehead atoms. The molecule has 1 aliphatic carbocycles. The smallest absolute Gasteiger partial charge is 0.330 e. The van der Waals surface area contributed by atoms with Crippen LogP contribution in [-0.2, 0) is 4.74 Å². The van der Waals surface area contributed by atoms with E-state index in [-0.39, 0.29) is 12.8 Å². The topological polar surface area (TPSA) is 105 Å². The summed E-state index contributed by atoms with van der Waals surface area (Å²) < 4.78 is 33.6. The average Bonchev–Trinajstić information content (AvgIpc) is 3.04. The molecule has 0 radical (unpaired) electrons. The van der Waals surface area contributed by atoms with Crippen molar-refractivity contribution < 1.29 is 23.7 Å². The van der Waals surface area contributed by atoms with Crippen LogP contribution in [0.15, 0.2) is 21.9 Å². The van der Waals surface area contributed by atoms with Gasteiger partial charge < -0.3 is 14.9 Å². The van der Waals surface area contributed by atoms with Crippen molar-refractivity contribution in [2.75, 3.05) is 0 Å². The molecule has 2 heterocycles. The predicted molar refractivity (Wildman–Crippen MR) is 60.4 cm³/mol. The van der Waals surface area contributed by atoms with Gasteiger partial charge in [0.2, 0.25) is 6.23 Å². The van der Waals surface area contributed by atoms with Crippen molar-refractivity contribution in [2.24, 2.45) is 0 Å². The summed E-state index contributed by atoms with van der Waals surface area (Å²) in [7, 11) is 0. The molecule has 2 fully saturated rings. The average molecular weight is 290 g/mol. The molecule has 1 aromatic rings. The Hall–Kier alpha value is -1.58. The number of nitrogens with one attached hydrogen (secondary N) is 1. The van der Waals surface area contributed by atoms with Gasteiger partial charge in [0.05, 0.1) is 5.60 Å². The first-order chi connectivity index (χ1) is 9.25. The monoisotopic (exact) mass is 290 g/mol. The van der Waals surface area contributed by atoms with Gasteiger partial charge in [0.15, 0.2) is 6.10 Å². The van der Waals surface area contributed by atoms with Crippen LogP contribution in [0, 0.1) is 0 Å². The van der Waals surface area contributed by atoms with E-state index in [1.165, 1.54) is 0 Å². The van der Waals surface area contributed by atoms with Crippen molar-refractivity contribution in [1.29, 1.82) is 0 Å². The summed E-state index contributed by atoms with van der Waals surface area (Å²) in [6.07, 6.45) is -4.40. The van der Waals surface area contributed by atoms with Crippen molar-refractivity contribution in [3.05, 3.63) is 33.1 Å². The number of H-pyrrole nitrogens is 1. The fraction of sp³-hybridized carbons (Fsp3) is 0.636. The highest BCUT2D eigenvalue weighted by Crippen LogP contribution is 2.51. The second kappa shape index (κ2) is 3.96. The minimum Gasteiger partial charge on any atom is -0.387 e. The molecule has 20 heavy (non-hydrogen) atoms. The Balaban J connectivity index is 2.01. The normalized spacial score (nSPS) is 34.1.